The molecule has 1 aliphatic heterocycles. The molecule has 2 bridgehead atoms. The number of piperazine rings is 1. The van der Waals surface area contributed by atoms with Crippen LogP contribution in [0.15, 0.2) is 24.3 Å². The minimum Gasteiger partial charge on any atom is -0.550 e. The van der Waals surface area contributed by atoms with Crippen LogP contribution in [0.4, 0.5) is 5.69 Å². The van der Waals surface area contributed by atoms with Crippen molar-refractivity contribution in [3.05, 3.63) is 24.3 Å². The van der Waals surface area contributed by atoms with Crippen molar-refractivity contribution in [2.75, 3.05) is 37.7 Å². The van der Waals surface area contributed by atoms with Crippen molar-refractivity contribution in [3.63, 3.8) is 0 Å². The zero-order valence-electron chi connectivity index (χ0n) is 16.5. The third kappa shape index (κ3) is 3.45. The van der Waals surface area contributed by atoms with Gasteiger partial charge in [-0.15, -0.1) is 0 Å². The Morgan fingerprint density at radius 2 is 1.61 bits per heavy atom. The van der Waals surface area contributed by atoms with Crippen LogP contribution in [0.25, 0.3) is 0 Å². The van der Waals surface area contributed by atoms with Crippen molar-refractivity contribution >= 4 is 17.6 Å². The molecular weight excluding hydrogens is 356 g/mol. The lowest BCUT2D eigenvalue weighted by Gasteiger charge is -2.50. The number of aliphatic carboxylic acids is 1. The Labute approximate surface area is 166 Å². The maximum atomic E-state index is 13.3. The van der Waals surface area contributed by atoms with Crippen LogP contribution in [0.5, 0.6) is 5.75 Å². The van der Waals surface area contributed by atoms with E-state index in [-0.39, 0.29) is 23.7 Å². The van der Waals surface area contributed by atoms with Gasteiger partial charge in [0.25, 0.3) is 0 Å². The predicted molar refractivity (Wildman–Crippen MR) is 104 cm³/mol. The molecule has 1 amide bonds. The molecule has 1 heterocycles. The van der Waals surface area contributed by atoms with Gasteiger partial charge in [0.2, 0.25) is 5.91 Å². The quantitative estimate of drug-likeness (QED) is 0.769. The van der Waals surface area contributed by atoms with Crippen LogP contribution in [0.1, 0.15) is 32.6 Å². The zero-order valence-corrected chi connectivity index (χ0v) is 16.5. The summed E-state index contributed by atoms with van der Waals surface area (Å²) in [6, 6.07) is 7.99. The molecule has 2 atom stereocenters. The fourth-order valence-corrected chi connectivity index (χ4v) is 5.52. The number of benzene rings is 1. The summed E-state index contributed by atoms with van der Waals surface area (Å²) in [5, 5.41) is 11.8. The van der Waals surface area contributed by atoms with E-state index in [0.717, 1.165) is 50.2 Å². The number of amides is 1. The summed E-state index contributed by atoms with van der Waals surface area (Å²) < 4.78 is 5.74. The van der Waals surface area contributed by atoms with Crippen molar-refractivity contribution in [2.24, 2.45) is 23.7 Å². The summed E-state index contributed by atoms with van der Waals surface area (Å²) in [7, 11) is 0. The third-order valence-electron chi connectivity index (χ3n) is 6.87. The molecule has 5 rings (SSSR count). The van der Waals surface area contributed by atoms with Gasteiger partial charge < -0.3 is 24.4 Å². The van der Waals surface area contributed by atoms with E-state index in [9.17, 15) is 14.7 Å². The summed E-state index contributed by atoms with van der Waals surface area (Å²) >= 11 is 0. The summed E-state index contributed by atoms with van der Waals surface area (Å²) in [6.07, 6.45) is 3.81. The number of fused-ring (bicyclic) bond motifs is 3. The molecule has 3 saturated carbocycles. The van der Waals surface area contributed by atoms with Gasteiger partial charge in [-0.25, -0.2) is 0 Å². The molecule has 1 aromatic carbocycles. The number of rotatable bonds is 5. The highest BCUT2D eigenvalue weighted by Crippen LogP contribution is 2.49. The summed E-state index contributed by atoms with van der Waals surface area (Å²) in [5.74, 6) is -0.804. The third-order valence-corrected chi connectivity index (χ3v) is 6.87. The lowest BCUT2D eigenvalue weighted by molar-refractivity contribution is -0.318. The number of ether oxygens (including phenoxy) is 1. The van der Waals surface area contributed by atoms with Crippen molar-refractivity contribution in [3.8, 4) is 5.75 Å². The molecule has 4 aliphatic rings. The van der Waals surface area contributed by atoms with Gasteiger partial charge in [0.05, 0.1) is 12.3 Å². The Morgan fingerprint density at radius 1 is 1.00 bits per heavy atom. The molecule has 28 heavy (non-hydrogen) atoms. The Bertz CT molecular complexity index is 721. The SMILES string of the molecule is CCOc1ccccc1N1CCN(C(=O)[C@@H]2C3CCC(CC3)[C@@H]2C(=O)[O-])CC1. The maximum absolute atomic E-state index is 13.3. The molecule has 3 aliphatic carbocycles. The minimum absolute atomic E-state index is 0.0290. The average molecular weight is 385 g/mol. The van der Waals surface area contributed by atoms with Crippen molar-refractivity contribution in [1.29, 1.82) is 0 Å². The first kappa shape index (κ1) is 19.1. The Balaban J connectivity index is 1.44. The first-order valence-corrected chi connectivity index (χ1v) is 10.6. The number of anilines is 1. The van der Waals surface area contributed by atoms with Crippen LogP contribution in [0, 0.1) is 23.7 Å². The molecule has 1 saturated heterocycles. The average Bonchev–Trinajstić information content (AvgIpc) is 2.74. The van der Waals surface area contributed by atoms with Gasteiger partial charge in [-0.3, -0.25) is 4.79 Å². The first-order chi connectivity index (χ1) is 13.6. The molecule has 0 aromatic heterocycles. The number of para-hydroxylation sites is 2. The van der Waals surface area contributed by atoms with Crippen molar-refractivity contribution < 1.29 is 19.4 Å². The summed E-state index contributed by atoms with van der Waals surface area (Å²) in [6.45, 7) is 5.28. The second-order valence-corrected chi connectivity index (χ2v) is 8.26. The molecule has 0 unspecified atom stereocenters. The number of carboxylic acids is 1. The standard InChI is InChI=1S/C22H30N2O4/c1-2-28-18-6-4-3-5-17(18)23-11-13-24(14-12-23)21(25)19-15-7-9-16(10-8-15)20(19)22(26)27/h3-6,15-16,19-20H,2,7-14H2,1H3,(H,26,27)/p-1/t15?,16?,19-,20+/m1/s1. The predicted octanol–water partition coefficient (Wildman–Crippen LogP) is 1.54. The normalized spacial score (nSPS) is 29.6. The molecule has 0 radical (unpaired) electrons. The van der Waals surface area contributed by atoms with Crippen molar-refractivity contribution in [2.45, 2.75) is 32.6 Å². The molecule has 6 nitrogen and oxygen atoms in total. The van der Waals surface area contributed by atoms with Gasteiger partial charge in [-0.05, 0) is 56.6 Å². The van der Waals surface area contributed by atoms with E-state index < -0.39 is 11.9 Å². The van der Waals surface area contributed by atoms with E-state index in [1.165, 1.54) is 0 Å². The Morgan fingerprint density at radius 3 is 2.21 bits per heavy atom. The van der Waals surface area contributed by atoms with Gasteiger partial charge >= 0.3 is 0 Å². The van der Waals surface area contributed by atoms with Gasteiger partial charge in [-0.1, -0.05) is 12.1 Å². The van der Waals surface area contributed by atoms with Crippen molar-refractivity contribution in [1.82, 2.24) is 4.90 Å². The van der Waals surface area contributed by atoms with E-state index in [1.54, 1.807) is 0 Å². The summed E-state index contributed by atoms with van der Waals surface area (Å²) in [4.78, 5) is 29.2. The van der Waals surface area contributed by atoms with Crippen LogP contribution in [0.3, 0.4) is 0 Å². The number of carboxylic acid groups (broad SMARTS) is 1. The largest absolute Gasteiger partial charge is 0.550 e. The smallest absolute Gasteiger partial charge is 0.226 e. The van der Waals surface area contributed by atoms with Crippen LogP contribution < -0.4 is 14.7 Å². The lowest BCUT2D eigenvalue weighted by Crippen LogP contribution is -2.57. The molecule has 1 aromatic rings. The highest BCUT2D eigenvalue weighted by atomic mass is 16.5. The molecule has 152 valence electrons. The van der Waals surface area contributed by atoms with Gasteiger partial charge in [0.15, 0.2) is 0 Å². The molecule has 0 N–H and O–H groups in total. The number of carbonyl (C=O) groups is 2. The van der Waals surface area contributed by atoms with Gasteiger partial charge in [0.1, 0.15) is 5.75 Å². The molecule has 6 heteroatoms. The zero-order chi connectivity index (χ0) is 19.7. The highest BCUT2D eigenvalue weighted by molar-refractivity contribution is 5.85. The second-order valence-electron chi connectivity index (χ2n) is 8.26. The molecular formula is C22H29N2O4-. The van der Waals surface area contributed by atoms with E-state index in [1.807, 2.05) is 30.0 Å². The van der Waals surface area contributed by atoms with Crippen LogP contribution in [0.2, 0.25) is 0 Å². The van der Waals surface area contributed by atoms with E-state index in [2.05, 4.69) is 11.0 Å². The number of hydrogen-bond donors (Lipinski definition) is 0. The molecule has 0 spiro atoms. The Kier molecular flexibility index (Phi) is 5.47. The first-order valence-electron chi connectivity index (χ1n) is 10.6. The fraction of sp³-hybridized carbons (Fsp3) is 0.636. The number of nitrogens with zero attached hydrogens (tertiary/aromatic N) is 2. The lowest BCUT2D eigenvalue weighted by atomic mass is 9.58. The van der Waals surface area contributed by atoms with Gasteiger partial charge in [0, 0.05) is 44.0 Å². The Hall–Kier alpha value is -2.24. The highest BCUT2D eigenvalue weighted by Gasteiger charge is 2.48. The second kappa shape index (κ2) is 8.02. The number of hydrogen-bond acceptors (Lipinski definition) is 5. The maximum Gasteiger partial charge on any atom is 0.226 e. The van der Waals surface area contributed by atoms with Crippen LogP contribution >= 0.6 is 0 Å². The topological polar surface area (TPSA) is 72.9 Å². The molecule has 4 fully saturated rings. The summed E-state index contributed by atoms with van der Waals surface area (Å²) in [5.41, 5.74) is 1.06. The van der Waals surface area contributed by atoms with E-state index in [0.29, 0.717) is 19.7 Å². The van der Waals surface area contributed by atoms with E-state index in [4.69, 9.17) is 4.74 Å². The fourth-order valence-electron chi connectivity index (χ4n) is 5.52. The van der Waals surface area contributed by atoms with Crippen LogP contribution in [-0.4, -0.2) is 49.6 Å². The van der Waals surface area contributed by atoms with Gasteiger partial charge in [-0.2, -0.15) is 0 Å². The minimum atomic E-state index is -1.03. The van der Waals surface area contributed by atoms with E-state index >= 15 is 0 Å². The monoisotopic (exact) mass is 385 g/mol. The number of carbonyl (C=O) groups excluding carboxylic acids is 2. The van der Waals surface area contributed by atoms with Crippen LogP contribution in [-0.2, 0) is 9.59 Å².